The third kappa shape index (κ3) is 4.47. The molecule has 0 saturated heterocycles. The molecule has 0 saturated carbocycles. The van der Waals surface area contributed by atoms with Crippen molar-refractivity contribution in [1.29, 1.82) is 0 Å². The van der Waals surface area contributed by atoms with Gasteiger partial charge in [0.05, 0.1) is 13.2 Å². The van der Waals surface area contributed by atoms with Crippen molar-refractivity contribution in [3.05, 3.63) is 52.2 Å². The topological polar surface area (TPSA) is 70.6 Å². The zero-order valence-electron chi connectivity index (χ0n) is 11.7. The number of carbonyl (C=O) groups excluding carboxylic acids is 1. The van der Waals surface area contributed by atoms with E-state index >= 15 is 0 Å². The molecule has 112 valence electrons. The molecule has 0 aliphatic carbocycles. The first-order valence-electron chi connectivity index (χ1n) is 6.54. The first-order chi connectivity index (χ1) is 10.2. The Bertz CT molecular complexity index is 572. The summed E-state index contributed by atoms with van der Waals surface area (Å²) in [6, 6.07) is 9.01. The SMILES string of the molecule is COc1ccccc1CNC(=O)NCC(O)c1ccsc1. The van der Waals surface area contributed by atoms with Crippen LogP contribution < -0.4 is 15.4 Å². The molecule has 3 N–H and O–H groups in total. The first-order valence-corrected chi connectivity index (χ1v) is 7.48. The maximum atomic E-state index is 11.7. The molecule has 1 atom stereocenters. The van der Waals surface area contributed by atoms with E-state index in [0.29, 0.717) is 6.54 Å². The molecule has 21 heavy (non-hydrogen) atoms. The van der Waals surface area contributed by atoms with Gasteiger partial charge in [0.1, 0.15) is 5.75 Å². The Labute approximate surface area is 127 Å². The van der Waals surface area contributed by atoms with E-state index in [9.17, 15) is 9.90 Å². The molecule has 0 radical (unpaired) electrons. The van der Waals surface area contributed by atoms with Gasteiger partial charge in [-0.15, -0.1) is 0 Å². The predicted molar refractivity (Wildman–Crippen MR) is 82.5 cm³/mol. The molecule has 1 heterocycles. The zero-order valence-corrected chi connectivity index (χ0v) is 12.5. The molecule has 0 bridgehead atoms. The summed E-state index contributed by atoms with van der Waals surface area (Å²) < 4.78 is 5.21. The number of methoxy groups -OCH3 is 1. The van der Waals surface area contributed by atoms with Crippen LogP contribution >= 0.6 is 11.3 Å². The van der Waals surface area contributed by atoms with E-state index in [-0.39, 0.29) is 12.6 Å². The van der Waals surface area contributed by atoms with E-state index in [2.05, 4.69) is 10.6 Å². The van der Waals surface area contributed by atoms with Gasteiger partial charge in [0, 0.05) is 18.7 Å². The summed E-state index contributed by atoms with van der Waals surface area (Å²) in [6.07, 6.45) is -0.687. The van der Waals surface area contributed by atoms with Crippen LogP contribution in [0.1, 0.15) is 17.2 Å². The minimum absolute atomic E-state index is 0.175. The third-order valence-electron chi connectivity index (χ3n) is 3.02. The van der Waals surface area contributed by atoms with Crippen molar-refractivity contribution < 1.29 is 14.6 Å². The van der Waals surface area contributed by atoms with Crippen molar-refractivity contribution >= 4 is 17.4 Å². The lowest BCUT2D eigenvalue weighted by Crippen LogP contribution is -2.37. The second kappa shape index (κ2) is 7.66. The molecule has 5 nitrogen and oxygen atoms in total. The Kier molecular flexibility index (Phi) is 5.59. The number of ether oxygens (including phenoxy) is 1. The van der Waals surface area contributed by atoms with Crippen LogP contribution in [0.2, 0.25) is 0 Å². The van der Waals surface area contributed by atoms with E-state index in [1.165, 1.54) is 11.3 Å². The zero-order chi connectivity index (χ0) is 15.1. The van der Waals surface area contributed by atoms with E-state index in [4.69, 9.17) is 4.74 Å². The van der Waals surface area contributed by atoms with Gasteiger partial charge in [-0.05, 0) is 28.5 Å². The summed E-state index contributed by atoms with van der Waals surface area (Å²) >= 11 is 1.51. The highest BCUT2D eigenvalue weighted by Crippen LogP contribution is 2.17. The van der Waals surface area contributed by atoms with Crippen LogP contribution in [0.3, 0.4) is 0 Å². The molecule has 1 aromatic heterocycles. The van der Waals surface area contributed by atoms with E-state index < -0.39 is 6.10 Å². The van der Waals surface area contributed by atoms with Crippen LogP contribution in [0.25, 0.3) is 0 Å². The quantitative estimate of drug-likeness (QED) is 0.767. The van der Waals surface area contributed by atoms with E-state index in [1.54, 1.807) is 7.11 Å². The fourth-order valence-corrected chi connectivity index (χ4v) is 2.57. The highest BCUT2D eigenvalue weighted by atomic mass is 32.1. The number of hydrogen-bond acceptors (Lipinski definition) is 4. The molecular formula is C15H18N2O3S. The van der Waals surface area contributed by atoms with Crippen LogP contribution in [-0.2, 0) is 6.54 Å². The van der Waals surface area contributed by atoms with Gasteiger partial charge in [-0.3, -0.25) is 0 Å². The Hall–Kier alpha value is -2.05. The Morgan fingerprint density at radius 1 is 1.33 bits per heavy atom. The van der Waals surface area contributed by atoms with Gasteiger partial charge in [-0.1, -0.05) is 18.2 Å². The molecule has 0 spiro atoms. The summed E-state index contributed by atoms with van der Waals surface area (Å²) in [6.45, 7) is 0.541. The number of nitrogens with one attached hydrogen (secondary N) is 2. The molecule has 0 aliphatic rings. The fraction of sp³-hybridized carbons (Fsp3) is 0.267. The Balaban J connectivity index is 1.77. The number of carbonyl (C=O) groups is 1. The highest BCUT2D eigenvalue weighted by Gasteiger charge is 2.10. The average Bonchev–Trinajstić information content (AvgIpc) is 3.05. The number of aliphatic hydroxyl groups is 1. The maximum absolute atomic E-state index is 11.7. The molecule has 1 unspecified atom stereocenters. The lowest BCUT2D eigenvalue weighted by molar-refractivity contribution is 0.173. The largest absolute Gasteiger partial charge is 0.496 e. The molecule has 1 aromatic carbocycles. The summed E-state index contributed by atoms with van der Waals surface area (Å²) in [5, 5.41) is 19.0. The molecule has 0 fully saturated rings. The second-order valence-corrected chi connectivity index (χ2v) is 5.23. The van der Waals surface area contributed by atoms with Gasteiger partial charge in [0.25, 0.3) is 0 Å². The summed E-state index contributed by atoms with van der Waals surface area (Å²) in [5.41, 5.74) is 1.71. The van der Waals surface area contributed by atoms with Gasteiger partial charge in [-0.2, -0.15) is 11.3 Å². The summed E-state index contributed by atoms with van der Waals surface area (Å²) in [5.74, 6) is 0.733. The van der Waals surface area contributed by atoms with Gasteiger partial charge in [0.2, 0.25) is 0 Å². The maximum Gasteiger partial charge on any atom is 0.315 e. The molecule has 0 aliphatic heterocycles. The average molecular weight is 306 g/mol. The van der Waals surface area contributed by atoms with Gasteiger partial charge >= 0.3 is 6.03 Å². The standard InChI is InChI=1S/C15H18N2O3S/c1-20-14-5-3-2-4-11(14)8-16-15(19)17-9-13(18)12-6-7-21-10-12/h2-7,10,13,18H,8-9H2,1H3,(H2,16,17,19). The lowest BCUT2D eigenvalue weighted by atomic mass is 10.2. The highest BCUT2D eigenvalue weighted by molar-refractivity contribution is 7.07. The second-order valence-electron chi connectivity index (χ2n) is 4.45. The van der Waals surface area contributed by atoms with E-state index in [0.717, 1.165) is 16.9 Å². The Morgan fingerprint density at radius 3 is 2.86 bits per heavy atom. The van der Waals surface area contributed by atoms with Crippen LogP contribution in [0, 0.1) is 0 Å². The molecule has 2 amide bonds. The van der Waals surface area contributed by atoms with Gasteiger partial charge in [-0.25, -0.2) is 4.79 Å². The number of aliphatic hydroxyl groups excluding tert-OH is 1. The van der Waals surface area contributed by atoms with Crippen LogP contribution in [-0.4, -0.2) is 24.8 Å². The van der Waals surface area contributed by atoms with Gasteiger partial charge < -0.3 is 20.5 Å². The summed E-state index contributed by atoms with van der Waals surface area (Å²) in [4.78, 5) is 11.7. The van der Waals surface area contributed by atoms with Crippen LogP contribution in [0.4, 0.5) is 4.79 Å². The van der Waals surface area contributed by atoms with Crippen LogP contribution in [0.15, 0.2) is 41.1 Å². The lowest BCUT2D eigenvalue weighted by Gasteiger charge is -2.12. The number of benzene rings is 1. The minimum Gasteiger partial charge on any atom is -0.496 e. The number of thiophene rings is 1. The van der Waals surface area contributed by atoms with Crippen molar-refractivity contribution in [2.24, 2.45) is 0 Å². The molecule has 6 heteroatoms. The van der Waals surface area contributed by atoms with Crippen LogP contribution in [0.5, 0.6) is 5.75 Å². The van der Waals surface area contributed by atoms with Gasteiger partial charge in [0.15, 0.2) is 0 Å². The smallest absolute Gasteiger partial charge is 0.315 e. The summed E-state index contributed by atoms with van der Waals surface area (Å²) in [7, 11) is 1.59. The van der Waals surface area contributed by atoms with Crippen molar-refractivity contribution in [3.8, 4) is 5.75 Å². The first kappa shape index (κ1) is 15.3. The van der Waals surface area contributed by atoms with Crippen molar-refractivity contribution in [1.82, 2.24) is 10.6 Å². The fourth-order valence-electron chi connectivity index (χ4n) is 1.86. The number of hydrogen-bond donors (Lipinski definition) is 3. The molecular weight excluding hydrogens is 288 g/mol. The predicted octanol–water partition coefficient (Wildman–Crippen LogP) is 2.29. The van der Waals surface area contributed by atoms with E-state index in [1.807, 2.05) is 41.1 Å². The van der Waals surface area contributed by atoms with Crippen molar-refractivity contribution in [2.45, 2.75) is 12.6 Å². The monoisotopic (exact) mass is 306 g/mol. The number of amides is 2. The minimum atomic E-state index is -0.687. The van der Waals surface area contributed by atoms with Crippen molar-refractivity contribution in [3.63, 3.8) is 0 Å². The normalized spacial score (nSPS) is 11.7. The van der Waals surface area contributed by atoms with Crippen molar-refractivity contribution in [2.75, 3.05) is 13.7 Å². The number of rotatable bonds is 6. The number of para-hydroxylation sites is 1. The molecule has 2 aromatic rings. The third-order valence-corrected chi connectivity index (χ3v) is 3.72. The number of urea groups is 1. The molecule has 2 rings (SSSR count). The Morgan fingerprint density at radius 2 is 2.14 bits per heavy atom.